The average Bonchev–Trinajstić information content (AvgIpc) is 3.49. The second-order valence-electron chi connectivity index (χ2n) is 7.62. The van der Waals surface area contributed by atoms with Gasteiger partial charge in [0.25, 0.3) is 17.3 Å². The molecule has 35 heavy (non-hydrogen) atoms. The van der Waals surface area contributed by atoms with E-state index < -0.39 is 29.2 Å². The maximum atomic E-state index is 13.0. The fourth-order valence-electron chi connectivity index (χ4n) is 4.04. The van der Waals surface area contributed by atoms with Crippen LogP contribution in [0.15, 0.2) is 56.9 Å². The molecule has 0 radical (unpaired) electrons. The molecule has 1 saturated heterocycles. The highest BCUT2D eigenvalue weighted by molar-refractivity contribution is 8.00. The van der Waals surface area contributed by atoms with Gasteiger partial charge in [-0.15, -0.1) is 23.1 Å². The lowest BCUT2D eigenvalue weighted by Crippen LogP contribution is -2.71. The van der Waals surface area contributed by atoms with E-state index >= 15 is 0 Å². The molecule has 0 spiro atoms. The van der Waals surface area contributed by atoms with E-state index in [0.717, 1.165) is 16.9 Å². The molecule has 14 heteroatoms. The Balaban J connectivity index is 1.38. The van der Waals surface area contributed by atoms with E-state index in [-0.39, 0.29) is 28.8 Å². The molecule has 0 bridgehead atoms. The van der Waals surface area contributed by atoms with Crippen molar-refractivity contribution in [3.05, 3.63) is 53.0 Å². The molecular weight excluding hydrogens is 496 g/mol. The molecule has 3 aromatic rings. The Morgan fingerprint density at radius 2 is 2.29 bits per heavy atom. The van der Waals surface area contributed by atoms with Gasteiger partial charge in [-0.2, -0.15) is 4.57 Å². The van der Waals surface area contributed by atoms with E-state index in [2.05, 4.69) is 15.5 Å². The predicted molar refractivity (Wildman–Crippen MR) is 126 cm³/mol. The Labute approximate surface area is 206 Å². The molecule has 180 valence electrons. The van der Waals surface area contributed by atoms with Crippen LogP contribution < -0.4 is 15.6 Å². The Morgan fingerprint density at radius 3 is 3.00 bits per heavy atom. The van der Waals surface area contributed by atoms with Crippen molar-refractivity contribution in [2.45, 2.75) is 18.0 Å². The van der Waals surface area contributed by atoms with Crippen LogP contribution in [0.2, 0.25) is 0 Å². The van der Waals surface area contributed by atoms with Gasteiger partial charge >= 0.3 is 5.97 Å². The van der Waals surface area contributed by atoms with Gasteiger partial charge in [-0.05, 0) is 6.07 Å². The van der Waals surface area contributed by atoms with Crippen molar-refractivity contribution in [2.24, 2.45) is 5.16 Å². The number of anilines is 1. The summed E-state index contributed by atoms with van der Waals surface area (Å²) in [7, 11) is 1.28. The highest BCUT2D eigenvalue weighted by Crippen LogP contribution is 2.40. The van der Waals surface area contributed by atoms with Gasteiger partial charge in [0.05, 0.1) is 6.26 Å². The van der Waals surface area contributed by atoms with Gasteiger partial charge in [-0.25, -0.2) is 9.78 Å². The second-order valence-corrected chi connectivity index (χ2v) is 9.61. The van der Waals surface area contributed by atoms with Gasteiger partial charge in [-0.1, -0.05) is 5.16 Å². The van der Waals surface area contributed by atoms with Crippen LogP contribution in [0, 0.1) is 0 Å². The summed E-state index contributed by atoms with van der Waals surface area (Å²) in [5, 5.41) is 17.5. The summed E-state index contributed by atoms with van der Waals surface area (Å²) in [6, 6.07) is 4.49. The zero-order chi connectivity index (χ0) is 24.7. The number of oxime groups is 1. The van der Waals surface area contributed by atoms with Gasteiger partial charge in [0, 0.05) is 28.8 Å². The molecule has 2 amide bonds. The number of fused-ring (bicyclic) bond motifs is 2. The monoisotopic (exact) mass is 515 g/mol. The summed E-state index contributed by atoms with van der Waals surface area (Å²) in [5.74, 6) is -2.04. The lowest BCUT2D eigenvalue weighted by molar-refractivity contribution is -0.663. The molecule has 2 atom stereocenters. The van der Waals surface area contributed by atoms with E-state index in [1.165, 1.54) is 23.8 Å². The SMILES string of the molecule is CON=C(C(=O)NC1C(=O)N2C(C(=O)O)=C(C[n+]3cccc4occc43)CS[C@@H]12)c1csc(N)n1. The number of aliphatic carboxylic acids is 1. The van der Waals surface area contributed by atoms with Crippen LogP contribution in [0.25, 0.3) is 11.1 Å². The number of pyridine rings is 1. The minimum absolute atomic E-state index is 0.0738. The van der Waals surface area contributed by atoms with Crippen LogP contribution in [-0.4, -0.2) is 62.8 Å². The lowest BCUT2D eigenvalue weighted by atomic mass is 10.0. The Kier molecular flexibility index (Phi) is 5.90. The molecule has 0 saturated carbocycles. The minimum atomic E-state index is -1.21. The molecule has 4 N–H and O–H groups in total. The smallest absolute Gasteiger partial charge is 0.352 e. The van der Waals surface area contributed by atoms with Gasteiger partial charge in [0.15, 0.2) is 29.2 Å². The third kappa shape index (κ3) is 4.00. The molecular formula is C21H19N6O6S2+. The molecule has 1 fully saturated rings. The van der Waals surface area contributed by atoms with Crippen molar-refractivity contribution < 1.29 is 33.3 Å². The van der Waals surface area contributed by atoms with Crippen molar-refractivity contribution in [3.63, 3.8) is 0 Å². The molecule has 0 aromatic carbocycles. The average molecular weight is 516 g/mol. The largest absolute Gasteiger partial charge is 0.477 e. The Bertz CT molecular complexity index is 1410. The van der Waals surface area contributed by atoms with Crippen LogP contribution in [0.1, 0.15) is 5.69 Å². The van der Waals surface area contributed by atoms with E-state index in [9.17, 15) is 19.5 Å². The fourth-order valence-corrected chi connectivity index (χ4v) is 5.92. The summed E-state index contributed by atoms with van der Waals surface area (Å²) in [6.45, 7) is 0.273. The fraction of sp³-hybridized carbons (Fsp3) is 0.238. The number of nitrogen functional groups attached to an aromatic ring is 1. The summed E-state index contributed by atoms with van der Waals surface area (Å²) >= 11 is 2.51. The standard InChI is InChI=1S/C21H18N6O6S2/c1-32-25-14(11-9-35-21(22)23-11)17(28)24-15-18(29)27-16(20(30)31)10(8-34-19(15)27)7-26-5-2-3-13-12(26)4-6-33-13/h2-6,9,15,19H,7-8H2,1H3,(H3-,22,23,24,28,30,31)/p+1/t15?,19-/m0/s1. The molecule has 3 aromatic heterocycles. The third-order valence-electron chi connectivity index (χ3n) is 5.56. The number of carbonyl (C=O) groups is 3. The number of nitrogens with two attached hydrogens (primary N) is 1. The zero-order valence-corrected chi connectivity index (χ0v) is 19.8. The van der Waals surface area contributed by atoms with E-state index in [1.807, 2.05) is 16.8 Å². The highest BCUT2D eigenvalue weighted by atomic mass is 32.2. The van der Waals surface area contributed by atoms with Crippen molar-refractivity contribution >= 4 is 62.8 Å². The number of nitrogens with one attached hydrogen (secondary N) is 1. The van der Waals surface area contributed by atoms with E-state index in [0.29, 0.717) is 16.9 Å². The number of amides is 2. The number of aromatic nitrogens is 2. The number of carboxylic acids is 1. The first kappa shape index (κ1) is 22.9. The number of hydrogen-bond donors (Lipinski definition) is 3. The van der Waals surface area contributed by atoms with Crippen LogP contribution >= 0.6 is 23.1 Å². The topological polar surface area (TPSA) is 164 Å². The summed E-state index contributed by atoms with van der Waals surface area (Å²) in [5.41, 5.74) is 7.71. The molecule has 12 nitrogen and oxygen atoms in total. The summed E-state index contributed by atoms with van der Waals surface area (Å²) in [4.78, 5) is 48.1. The first-order chi connectivity index (χ1) is 16.9. The number of nitrogens with zero attached hydrogens (tertiary/aromatic N) is 4. The van der Waals surface area contributed by atoms with Crippen molar-refractivity contribution in [3.8, 4) is 0 Å². The summed E-state index contributed by atoms with van der Waals surface area (Å²) < 4.78 is 7.29. The molecule has 1 unspecified atom stereocenters. The molecule has 5 rings (SSSR count). The Hall–Kier alpha value is -3.91. The molecule has 2 aliphatic heterocycles. The lowest BCUT2D eigenvalue weighted by Gasteiger charge is -2.49. The van der Waals surface area contributed by atoms with Gasteiger partial charge < -0.3 is 25.4 Å². The van der Waals surface area contributed by atoms with E-state index in [4.69, 9.17) is 15.0 Å². The van der Waals surface area contributed by atoms with Crippen LogP contribution in [0.3, 0.4) is 0 Å². The number of thioether (sulfide) groups is 1. The molecule has 5 heterocycles. The first-order valence-electron chi connectivity index (χ1n) is 10.3. The number of carbonyl (C=O) groups excluding carboxylic acids is 2. The number of carboxylic acid groups (broad SMARTS) is 1. The normalized spacial score (nSPS) is 20.0. The van der Waals surface area contributed by atoms with Gasteiger partial charge in [0.1, 0.15) is 29.9 Å². The van der Waals surface area contributed by atoms with Gasteiger partial charge in [-0.3, -0.25) is 14.5 Å². The predicted octanol–water partition coefficient (Wildman–Crippen LogP) is 0.548. The van der Waals surface area contributed by atoms with E-state index in [1.54, 1.807) is 23.8 Å². The maximum absolute atomic E-state index is 13.0. The van der Waals surface area contributed by atoms with Crippen LogP contribution in [0.4, 0.5) is 5.13 Å². The van der Waals surface area contributed by atoms with Crippen LogP contribution in [0.5, 0.6) is 0 Å². The quantitative estimate of drug-likeness (QED) is 0.176. The number of thiazole rings is 1. The minimum Gasteiger partial charge on any atom is -0.477 e. The maximum Gasteiger partial charge on any atom is 0.352 e. The number of hydrogen-bond acceptors (Lipinski definition) is 10. The molecule has 0 aliphatic carbocycles. The highest BCUT2D eigenvalue weighted by Gasteiger charge is 2.54. The van der Waals surface area contributed by atoms with Crippen molar-refractivity contribution in [1.82, 2.24) is 15.2 Å². The van der Waals surface area contributed by atoms with Crippen molar-refractivity contribution in [1.29, 1.82) is 0 Å². The van der Waals surface area contributed by atoms with Crippen LogP contribution in [-0.2, 0) is 25.8 Å². The number of β-lactam (4-membered cyclic amide) rings is 1. The second kappa shape index (κ2) is 9.03. The summed E-state index contributed by atoms with van der Waals surface area (Å²) in [6.07, 6.45) is 3.39. The third-order valence-corrected chi connectivity index (χ3v) is 7.57. The Morgan fingerprint density at radius 1 is 1.46 bits per heavy atom. The molecule has 2 aliphatic rings. The number of rotatable bonds is 7. The van der Waals surface area contributed by atoms with Gasteiger partial charge in [0.2, 0.25) is 0 Å². The first-order valence-corrected chi connectivity index (χ1v) is 12.2. The number of furan rings is 1. The zero-order valence-electron chi connectivity index (χ0n) is 18.2. The van der Waals surface area contributed by atoms with Crippen molar-refractivity contribution in [2.75, 3.05) is 18.6 Å².